The van der Waals surface area contributed by atoms with E-state index in [2.05, 4.69) is 19.1 Å². The van der Waals surface area contributed by atoms with Gasteiger partial charge in [0.15, 0.2) is 0 Å². The first-order chi connectivity index (χ1) is 4.34. The molecule has 0 amide bonds. The van der Waals surface area contributed by atoms with Gasteiger partial charge in [-0.15, -0.1) is 0 Å². The van der Waals surface area contributed by atoms with Crippen LogP contribution in [0.25, 0.3) is 0 Å². The minimum Gasteiger partial charge on any atom is -0.399 e. The molecular formula is C8H13N. The first-order valence-corrected chi connectivity index (χ1v) is 3.49. The van der Waals surface area contributed by atoms with Gasteiger partial charge < -0.3 is 5.73 Å². The average Bonchev–Trinajstić information content (AvgIpc) is 1.89. The first-order valence-electron chi connectivity index (χ1n) is 3.49. The Balaban J connectivity index is 2.68. The molecule has 1 rings (SSSR count). The number of rotatable bonds is 1. The lowest BCUT2D eigenvalue weighted by Gasteiger charge is -2.08. The molecule has 1 aliphatic rings. The summed E-state index contributed by atoms with van der Waals surface area (Å²) in [5.74, 6) is 0. The monoisotopic (exact) mass is 123 g/mol. The van der Waals surface area contributed by atoms with Crippen molar-refractivity contribution in [2.75, 3.05) is 0 Å². The topological polar surface area (TPSA) is 26.0 Å². The first kappa shape index (κ1) is 6.40. The zero-order valence-electron chi connectivity index (χ0n) is 5.85. The van der Waals surface area contributed by atoms with Crippen molar-refractivity contribution in [3.05, 3.63) is 23.4 Å². The van der Waals surface area contributed by atoms with Crippen molar-refractivity contribution in [2.24, 2.45) is 5.73 Å². The number of hydrogen-bond donors (Lipinski definition) is 1. The summed E-state index contributed by atoms with van der Waals surface area (Å²) < 4.78 is 0. The predicted octanol–water partition coefficient (Wildman–Crippen LogP) is 1.96. The smallest absolute Gasteiger partial charge is 0.0302 e. The summed E-state index contributed by atoms with van der Waals surface area (Å²) >= 11 is 0. The van der Waals surface area contributed by atoms with Crippen LogP contribution in [-0.4, -0.2) is 0 Å². The molecule has 0 unspecified atom stereocenters. The molecule has 0 aromatic heterocycles. The SMILES string of the molecule is CCC1=CCCC=C1N. The Hall–Kier alpha value is -0.720. The Morgan fingerprint density at radius 2 is 2.11 bits per heavy atom. The molecule has 0 saturated heterocycles. The summed E-state index contributed by atoms with van der Waals surface area (Å²) in [5.41, 5.74) is 7.99. The second-order valence-electron chi connectivity index (χ2n) is 2.32. The summed E-state index contributed by atoms with van der Waals surface area (Å²) in [7, 11) is 0. The van der Waals surface area contributed by atoms with Gasteiger partial charge in [0.05, 0.1) is 0 Å². The summed E-state index contributed by atoms with van der Waals surface area (Å²) in [5, 5.41) is 0. The van der Waals surface area contributed by atoms with Gasteiger partial charge in [0.1, 0.15) is 0 Å². The van der Waals surface area contributed by atoms with Gasteiger partial charge in [0.2, 0.25) is 0 Å². The van der Waals surface area contributed by atoms with Crippen molar-refractivity contribution in [1.82, 2.24) is 0 Å². The standard InChI is InChI=1S/C8H13N/c1-2-7-5-3-4-6-8(7)9/h5-6H,2-4,9H2,1H3. The van der Waals surface area contributed by atoms with Crippen molar-refractivity contribution in [3.63, 3.8) is 0 Å². The normalized spacial score (nSPS) is 18.8. The third kappa shape index (κ3) is 1.35. The zero-order valence-corrected chi connectivity index (χ0v) is 5.85. The molecule has 9 heavy (non-hydrogen) atoms. The molecule has 0 saturated carbocycles. The molecule has 2 N–H and O–H groups in total. The van der Waals surface area contributed by atoms with Crippen molar-refractivity contribution in [2.45, 2.75) is 26.2 Å². The van der Waals surface area contributed by atoms with Crippen LogP contribution in [0.1, 0.15) is 26.2 Å². The maximum absolute atomic E-state index is 5.68. The van der Waals surface area contributed by atoms with Gasteiger partial charge in [-0.3, -0.25) is 0 Å². The molecule has 0 bridgehead atoms. The number of allylic oxidation sites excluding steroid dienone is 3. The van der Waals surface area contributed by atoms with E-state index >= 15 is 0 Å². The van der Waals surface area contributed by atoms with Gasteiger partial charge in [0.25, 0.3) is 0 Å². The second-order valence-corrected chi connectivity index (χ2v) is 2.32. The van der Waals surface area contributed by atoms with Crippen LogP contribution in [-0.2, 0) is 0 Å². The molecule has 0 atom stereocenters. The largest absolute Gasteiger partial charge is 0.399 e. The van der Waals surface area contributed by atoms with E-state index in [1.54, 1.807) is 0 Å². The van der Waals surface area contributed by atoms with Crippen molar-refractivity contribution < 1.29 is 0 Å². The predicted molar refractivity (Wildman–Crippen MR) is 39.9 cm³/mol. The van der Waals surface area contributed by atoms with Crippen LogP contribution < -0.4 is 5.73 Å². The minimum absolute atomic E-state index is 0.990. The summed E-state index contributed by atoms with van der Waals surface area (Å²) in [6.07, 6.45) is 7.70. The van der Waals surface area contributed by atoms with Crippen LogP contribution in [0.5, 0.6) is 0 Å². The summed E-state index contributed by atoms with van der Waals surface area (Å²) in [6.45, 7) is 2.14. The Kier molecular flexibility index (Phi) is 1.93. The molecular weight excluding hydrogens is 110 g/mol. The maximum atomic E-state index is 5.68. The van der Waals surface area contributed by atoms with E-state index in [-0.39, 0.29) is 0 Å². The van der Waals surface area contributed by atoms with E-state index in [1.807, 2.05) is 0 Å². The molecule has 0 radical (unpaired) electrons. The molecule has 0 spiro atoms. The van der Waals surface area contributed by atoms with Crippen LogP contribution in [0.2, 0.25) is 0 Å². The lowest BCUT2D eigenvalue weighted by molar-refractivity contribution is 0.944. The molecule has 50 valence electrons. The quantitative estimate of drug-likeness (QED) is 0.566. The third-order valence-electron chi connectivity index (χ3n) is 1.67. The molecule has 1 heteroatoms. The molecule has 0 fully saturated rings. The van der Waals surface area contributed by atoms with Gasteiger partial charge in [-0.1, -0.05) is 19.1 Å². The Labute approximate surface area is 56.2 Å². The molecule has 0 aromatic rings. The average molecular weight is 123 g/mol. The highest BCUT2D eigenvalue weighted by atomic mass is 14.6. The fourth-order valence-electron chi connectivity index (χ4n) is 1.09. The zero-order chi connectivity index (χ0) is 6.69. The molecule has 1 aliphatic carbocycles. The van der Waals surface area contributed by atoms with E-state index in [4.69, 9.17) is 5.73 Å². The Morgan fingerprint density at radius 3 is 2.56 bits per heavy atom. The van der Waals surface area contributed by atoms with Crippen molar-refractivity contribution >= 4 is 0 Å². The van der Waals surface area contributed by atoms with E-state index in [9.17, 15) is 0 Å². The lowest BCUT2D eigenvalue weighted by Crippen LogP contribution is -2.03. The molecule has 1 nitrogen and oxygen atoms in total. The van der Waals surface area contributed by atoms with E-state index in [1.165, 1.54) is 12.0 Å². The van der Waals surface area contributed by atoms with Gasteiger partial charge in [0, 0.05) is 5.70 Å². The van der Waals surface area contributed by atoms with Crippen molar-refractivity contribution in [1.29, 1.82) is 0 Å². The summed E-state index contributed by atoms with van der Waals surface area (Å²) in [6, 6.07) is 0. The van der Waals surface area contributed by atoms with Gasteiger partial charge >= 0.3 is 0 Å². The Bertz CT molecular complexity index is 154. The fourth-order valence-corrected chi connectivity index (χ4v) is 1.09. The van der Waals surface area contributed by atoms with Crippen molar-refractivity contribution in [3.8, 4) is 0 Å². The van der Waals surface area contributed by atoms with Gasteiger partial charge in [-0.25, -0.2) is 0 Å². The van der Waals surface area contributed by atoms with E-state index < -0.39 is 0 Å². The van der Waals surface area contributed by atoms with Gasteiger partial charge in [-0.05, 0) is 24.8 Å². The second kappa shape index (κ2) is 2.72. The minimum atomic E-state index is 0.990. The maximum Gasteiger partial charge on any atom is 0.0302 e. The van der Waals surface area contributed by atoms with Crippen LogP contribution >= 0.6 is 0 Å². The lowest BCUT2D eigenvalue weighted by atomic mass is 10.0. The number of nitrogens with two attached hydrogens (primary N) is 1. The molecule has 0 heterocycles. The highest BCUT2D eigenvalue weighted by Crippen LogP contribution is 2.16. The van der Waals surface area contributed by atoms with E-state index in [0.29, 0.717) is 0 Å². The van der Waals surface area contributed by atoms with Crippen LogP contribution in [0, 0.1) is 0 Å². The van der Waals surface area contributed by atoms with Crippen LogP contribution in [0.3, 0.4) is 0 Å². The number of hydrogen-bond acceptors (Lipinski definition) is 1. The molecule has 0 aliphatic heterocycles. The van der Waals surface area contributed by atoms with E-state index in [0.717, 1.165) is 18.5 Å². The summed E-state index contributed by atoms with van der Waals surface area (Å²) in [4.78, 5) is 0. The van der Waals surface area contributed by atoms with Crippen LogP contribution in [0.15, 0.2) is 23.4 Å². The third-order valence-corrected chi connectivity index (χ3v) is 1.67. The highest BCUT2D eigenvalue weighted by molar-refractivity contribution is 5.30. The van der Waals surface area contributed by atoms with Gasteiger partial charge in [-0.2, -0.15) is 0 Å². The fraction of sp³-hybridized carbons (Fsp3) is 0.500. The van der Waals surface area contributed by atoms with Crippen LogP contribution in [0.4, 0.5) is 0 Å². The Morgan fingerprint density at radius 1 is 1.44 bits per heavy atom. The molecule has 0 aromatic carbocycles. The highest BCUT2D eigenvalue weighted by Gasteiger charge is 2.00.